The van der Waals surface area contributed by atoms with Crippen LogP contribution in [0.15, 0.2) is 54.6 Å². The standard InChI is InChI=1S/C16H16O4/c1-16(20-15(18)19,13-5-3-2-4-6-13)11-12-7-9-14(17)10-8-12/h2-10,17H,11H2,1H3,(H,18,19). The summed E-state index contributed by atoms with van der Waals surface area (Å²) in [4.78, 5) is 11.0. The molecule has 0 saturated carbocycles. The number of hydrogen-bond donors (Lipinski definition) is 2. The molecule has 4 nitrogen and oxygen atoms in total. The third-order valence-electron chi connectivity index (χ3n) is 3.17. The molecule has 0 amide bonds. The van der Waals surface area contributed by atoms with E-state index in [1.165, 1.54) is 0 Å². The first-order chi connectivity index (χ1) is 9.49. The van der Waals surface area contributed by atoms with E-state index in [1.54, 1.807) is 31.2 Å². The lowest BCUT2D eigenvalue weighted by Crippen LogP contribution is -2.31. The van der Waals surface area contributed by atoms with Crippen LogP contribution in [0.1, 0.15) is 18.1 Å². The SMILES string of the molecule is CC(Cc1ccc(O)cc1)(OC(=O)O)c1ccccc1. The lowest BCUT2D eigenvalue weighted by molar-refractivity contribution is -0.0107. The fourth-order valence-corrected chi connectivity index (χ4v) is 2.18. The fraction of sp³-hybridized carbons (Fsp3) is 0.188. The van der Waals surface area contributed by atoms with Crippen LogP contribution in [0, 0.1) is 0 Å². The van der Waals surface area contributed by atoms with Gasteiger partial charge in [-0.1, -0.05) is 42.5 Å². The highest BCUT2D eigenvalue weighted by Gasteiger charge is 2.31. The zero-order chi connectivity index (χ0) is 14.6. The first-order valence-corrected chi connectivity index (χ1v) is 6.25. The monoisotopic (exact) mass is 272 g/mol. The molecular formula is C16H16O4. The van der Waals surface area contributed by atoms with Crippen LogP contribution in [0.3, 0.4) is 0 Å². The maximum absolute atomic E-state index is 11.0. The van der Waals surface area contributed by atoms with E-state index in [1.807, 2.05) is 30.3 Å². The van der Waals surface area contributed by atoms with Gasteiger partial charge in [0.2, 0.25) is 0 Å². The molecular weight excluding hydrogens is 256 g/mol. The van der Waals surface area contributed by atoms with Crippen molar-refractivity contribution in [2.24, 2.45) is 0 Å². The number of rotatable bonds is 4. The third kappa shape index (κ3) is 3.29. The molecule has 0 bridgehead atoms. The number of aromatic hydroxyl groups is 1. The Bertz CT molecular complexity index is 577. The lowest BCUT2D eigenvalue weighted by Gasteiger charge is -2.29. The van der Waals surface area contributed by atoms with E-state index in [9.17, 15) is 9.90 Å². The molecule has 0 aliphatic rings. The van der Waals surface area contributed by atoms with E-state index >= 15 is 0 Å². The average Bonchev–Trinajstić information content (AvgIpc) is 2.42. The second-order valence-electron chi connectivity index (χ2n) is 4.81. The molecule has 2 aromatic carbocycles. The molecule has 0 aliphatic carbocycles. The minimum absolute atomic E-state index is 0.175. The van der Waals surface area contributed by atoms with Crippen molar-refractivity contribution in [2.45, 2.75) is 18.9 Å². The summed E-state index contributed by atoms with van der Waals surface area (Å²) in [6.45, 7) is 1.74. The summed E-state index contributed by atoms with van der Waals surface area (Å²) >= 11 is 0. The number of carboxylic acid groups (broad SMARTS) is 1. The molecule has 0 aliphatic heterocycles. The van der Waals surface area contributed by atoms with Crippen molar-refractivity contribution in [1.29, 1.82) is 0 Å². The third-order valence-corrected chi connectivity index (χ3v) is 3.17. The van der Waals surface area contributed by atoms with Gasteiger partial charge in [-0.25, -0.2) is 4.79 Å². The Morgan fingerprint density at radius 3 is 2.25 bits per heavy atom. The van der Waals surface area contributed by atoms with Crippen LogP contribution >= 0.6 is 0 Å². The van der Waals surface area contributed by atoms with Crippen molar-refractivity contribution in [3.63, 3.8) is 0 Å². The van der Waals surface area contributed by atoms with Crippen LogP contribution in [-0.4, -0.2) is 16.4 Å². The quantitative estimate of drug-likeness (QED) is 0.835. The van der Waals surface area contributed by atoms with Crippen molar-refractivity contribution < 1.29 is 19.7 Å². The molecule has 0 radical (unpaired) electrons. The maximum Gasteiger partial charge on any atom is 0.506 e. The number of phenols is 1. The molecule has 0 saturated heterocycles. The van der Waals surface area contributed by atoms with Crippen LogP contribution in [0.2, 0.25) is 0 Å². The Labute approximate surface area is 117 Å². The minimum atomic E-state index is -1.31. The summed E-state index contributed by atoms with van der Waals surface area (Å²) in [7, 11) is 0. The van der Waals surface area contributed by atoms with Gasteiger partial charge in [-0.05, 0) is 30.2 Å². The van der Waals surface area contributed by atoms with Crippen molar-refractivity contribution in [3.05, 3.63) is 65.7 Å². The predicted octanol–water partition coefficient (Wildman–Crippen LogP) is 3.54. The molecule has 0 spiro atoms. The van der Waals surface area contributed by atoms with Crippen molar-refractivity contribution in [1.82, 2.24) is 0 Å². The highest BCUT2D eigenvalue weighted by Crippen LogP contribution is 2.30. The number of ether oxygens (including phenoxy) is 1. The Balaban J connectivity index is 2.32. The molecule has 20 heavy (non-hydrogen) atoms. The summed E-state index contributed by atoms with van der Waals surface area (Å²) in [5.41, 5.74) is 0.704. The molecule has 2 rings (SSSR count). The van der Waals surface area contributed by atoms with Gasteiger partial charge in [-0.15, -0.1) is 0 Å². The lowest BCUT2D eigenvalue weighted by atomic mass is 9.89. The smallest absolute Gasteiger partial charge is 0.506 e. The van der Waals surface area contributed by atoms with Crippen LogP contribution in [-0.2, 0) is 16.8 Å². The van der Waals surface area contributed by atoms with E-state index in [0.29, 0.717) is 6.42 Å². The second-order valence-corrected chi connectivity index (χ2v) is 4.81. The van der Waals surface area contributed by atoms with E-state index < -0.39 is 11.8 Å². The molecule has 104 valence electrons. The zero-order valence-electron chi connectivity index (χ0n) is 11.1. The summed E-state index contributed by atoms with van der Waals surface area (Å²) in [5.74, 6) is 0.175. The van der Waals surface area contributed by atoms with Gasteiger partial charge < -0.3 is 14.9 Å². The maximum atomic E-state index is 11.0. The van der Waals surface area contributed by atoms with E-state index in [4.69, 9.17) is 9.84 Å². The molecule has 0 aromatic heterocycles. The molecule has 4 heteroatoms. The Kier molecular flexibility index (Phi) is 3.94. The van der Waals surface area contributed by atoms with Gasteiger partial charge in [0, 0.05) is 6.42 Å². The Hall–Kier alpha value is -2.49. The van der Waals surface area contributed by atoms with Crippen LogP contribution in [0.5, 0.6) is 5.75 Å². The summed E-state index contributed by atoms with van der Waals surface area (Å²) in [6, 6.07) is 15.9. The number of hydrogen-bond acceptors (Lipinski definition) is 3. The molecule has 0 fully saturated rings. The van der Waals surface area contributed by atoms with Gasteiger partial charge in [-0.3, -0.25) is 0 Å². The summed E-state index contributed by atoms with van der Waals surface area (Å²) in [6.07, 6.45) is -0.918. The second kappa shape index (κ2) is 5.65. The van der Waals surface area contributed by atoms with Crippen LogP contribution < -0.4 is 0 Å². The van der Waals surface area contributed by atoms with Crippen LogP contribution in [0.4, 0.5) is 4.79 Å². The van der Waals surface area contributed by atoms with E-state index in [-0.39, 0.29) is 5.75 Å². The largest absolute Gasteiger partial charge is 0.508 e. The van der Waals surface area contributed by atoms with Gasteiger partial charge in [0.05, 0.1) is 0 Å². The van der Waals surface area contributed by atoms with Gasteiger partial charge in [0.25, 0.3) is 0 Å². The number of phenolic OH excluding ortho intramolecular Hbond substituents is 1. The molecule has 1 atom stereocenters. The summed E-state index contributed by atoms with van der Waals surface area (Å²) in [5, 5.41) is 18.3. The first kappa shape index (κ1) is 13.9. The fourth-order valence-electron chi connectivity index (χ4n) is 2.18. The van der Waals surface area contributed by atoms with Gasteiger partial charge in [0.15, 0.2) is 0 Å². The van der Waals surface area contributed by atoms with Crippen molar-refractivity contribution >= 4 is 6.16 Å². The van der Waals surface area contributed by atoms with Gasteiger partial charge in [-0.2, -0.15) is 0 Å². The topological polar surface area (TPSA) is 66.8 Å². The van der Waals surface area contributed by atoms with Gasteiger partial charge in [0.1, 0.15) is 11.4 Å². The molecule has 2 aromatic rings. The number of carbonyl (C=O) groups is 1. The first-order valence-electron chi connectivity index (χ1n) is 6.25. The van der Waals surface area contributed by atoms with E-state index in [2.05, 4.69) is 0 Å². The molecule has 0 heterocycles. The van der Waals surface area contributed by atoms with Crippen molar-refractivity contribution in [3.8, 4) is 5.75 Å². The van der Waals surface area contributed by atoms with Crippen LogP contribution in [0.25, 0.3) is 0 Å². The summed E-state index contributed by atoms with van der Waals surface area (Å²) < 4.78 is 5.11. The number of benzene rings is 2. The Morgan fingerprint density at radius 2 is 1.70 bits per heavy atom. The van der Waals surface area contributed by atoms with Gasteiger partial charge >= 0.3 is 6.16 Å². The Morgan fingerprint density at radius 1 is 1.10 bits per heavy atom. The molecule has 1 unspecified atom stereocenters. The average molecular weight is 272 g/mol. The minimum Gasteiger partial charge on any atom is -0.508 e. The predicted molar refractivity (Wildman–Crippen MR) is 74.7 cm³/mol. The normalized spacial score (nSPS) is 13.4. The highest BCUT2D eigenvalue weighted by molar-refractivity contribution is 5.58. The zero-order valence-corrected chi connectivity index (χ0v) is 11.1. The van der Waals surface area contributed by atoms with Crippen molar-refractivity contribution in [2.75, 3.05) is 0 Å². The molecule has 2 N–H and O–H groups in total. The highest BCUT2D eigenvalue weighted by atomic mass is 16.7. The van der Waals surface area contributed by atoms with E-state index in [0.717, 1.165) is 11.1 Å².